The summed E-state index contributed by atoms with van der Waals surface area (Å²) < 4.78 is 2.11. The van der Waals surface area contributed by atoms with Gasteiger partial charge in [0, 0.05) is 16.3 Å². The van der Waals surface area contributed by atoms with Crippen LogP contribution < -0.4 is 0 Å². The summed E-state index contributed by atoms with van der Waals surface area (Å²) in [7, 11) is 0. The van der Waals surface area contributed by atoms with Crippen molar-refractivity contribution in [3.63, 3.8) is 0 Å². The Labute approximate surface area is 283 Å². The number of aromatic nitrogens is 1. The maximum absolute atomic E-state index is 10.8. The normalized spacial score (nSPS) is 11.2. The summed E-state index contributed by atoms with van der Waals surface area (Å²) in [6, 6.07) is 61.3. The fourth-order valence-electron chi connectivity index (χ4n) is 7.68. The molecule has 9 aromatic rings. The van der Waals surface area contributed by atoms with E-state index >= 15 is 0 Å². The molecule has 0 N–H and O–H groups in total. The molecule has 0 spiro atoms. The van der Waals surface area contributed by atoms with Crippen molar-refractivity contribution in [3.8, 4) is 51.2 Å². The Morgan fingerprint density at radius 1 is 0.347 bits per heavy atom. The second-order valence-electron chi connectivity index (χ2n) is 12.2. The Balaban J connectivity index is 1.34. The molecule has 0 aliphatic carbocycles. The third-order valence-electron chi connectivity index (χ3n) is 9.71. The Morgan fingerprint density at radius 3 is 1.35 bits per heavy atom. The predicted octanol–water partition coefficient (Wildman–Crippen LogP) is 11.8. The van der Waals surface area contributed by atoms with Crippen LogP contribution >= 0.6 is 0 Å². The van der Waals surface area contributed by atoms with E-state index in [1.54, 1.807) is 0 Å². The minimum absolute atomic E-state index is 0.357. The summed E-state index contributed by atoms with van der Waals surface area (Å²) in [5.41, 5.74) is 9.54. The van der Waals surface area contributed by atoms with Crippen molar-refractivity contribution in [2.45, 2.75) is 0 Å². The van der Waals surface area contributed by atoms with E-state index in [0.29, 0.717) is 16.8 Å². The van der Waals surface area contributed by atoms with Crippen LogP contribution in [0.5, 0.6) is 0 Å². The summed E-state index contributed by atoms with van der Waals surface area (Å²) in [4.78, 5) is 0. The summed E-state index contributed by atoms with van der Waals surface area (Å²) in [5.74, 6) is 0. The lowest BCUT2D eigenvalue weighted by Gasteiger charge is -2.20. The molecule has 0 saturated carbocycles. The van der Waals surface area contributed by atoms with Crippen LogP contribution in [0.1, 0.15) is 11.1 Å². The number of nitrogens with zero attached hydrogens (tertiary/aromatic N) is 3. The Hall–Kier alpha value is -6.94. The molecule has 0 unspecified atom stereocenters. The quantitative estimate of drug-likeness (QED) is 0.184. The molecule has 0 radical (unpaired) electrons. The van der Waals surface area contributed by atoms with Gasteiger partial charge in [0.2, 0.25) is 0 Å². The number of nitriles is 2. The molecule has 1 aromatic heterocycles. The highest BCUT2D eigenvalue weighted by atomic mass is 15.0. The molecular formula is C46H27N3. The monoisotopic (exact) mass is 621 g/mol. The third-order valence-corrected chi connectivity index (χ3v) is 9.71. The van der Waals surface area contributed by atoms with E-state index in [-0.39, 0.29) is 0 Å². The molecule has 8 aromatic carbocycles. The van der Waals surface area contributed by atoms with Crippen LogP contribution in [0.2, 0.25) is 0 Å². The average Bonchev–Trinajstić information content (AvgIpc) is 3.51. The van der Waals surface area contributed by atoms with E-state index in [2.05, 4.69) is 132 Å². The van der Waals surface area contributed by atoms with Gasteiger partial charge in [-0.25, -0.2) is 0 Å². The zero-order valence-corrected chi connectivity index (χ0v) is 26.4. The first-order valence-electron chi connectivity index (χ1n) is 16.3. The third kappa shape index (κ3) is 4.27. The van der Waals surface area contributed by atoms with Gasteiger partial charge in [0.05, 0.1) is 27.8 Å². The zero-order valence-electron chi connectivity index (χ0n) is 26.4. The summed E-state index contributed by atoms with van der Waals surface area (Å²) in [6.07, 6.45) is 0. The van der Waals surface area contributed by atoms with Crippen molar-refractivity contribution in [3.05, 3.63) is 175 Å². The second kappa shape index (κ2) is 11.4. The Morgan fingerprint density at radius 2 is 0.796 bits per heavy atom. The van der Waals surface area contributed by atoms with Crippen molar-refractivity contribution < 1.29 is 0 Å². The summed E-state index contributed by atoms with van der Waals surface area (Å²) in [6.45, 7) is 0. The van der Waals surface area contributed by atoms with Gasteiger partial charge in [-0.1, -0.05) is 146 Å². The standard InChI is InChI=1S/C46H27N3/c47-28-40-32(26-27-44(41(40)29-48)49-42-24-12-10-17-33(42)34-18-11-13-25-43(34)49)31-16-4-5-19-35(31)46-38-22-8-6-20-36(38)45(30-14-2-1-3-15-30)37-21-7-9-23-39(37)46/h1-27H. The van der Waals surface area contributed by atoms with E-state index in [0.717, 1.165) is 65.6 Å². The number of hydrogen-bond acceptors (Lipinski definition) is 2. The maximum atomic E-state index is 10.8. The highest BCUT2D eigenvalue weighted by molar-refractivity contribution is 6.22. The molecule has 0 bridgehead atoms. The molecule has 49 heavy (non-hydrogen) atoms. The highest BCUT2D eigenvalue weighted by Gasteiger charge is 2.23. The van der Waals surface area contributed by atoms with Gasteiger partial charge in [0.15, 0.2) is 0 Å². The van der Waals surface area contributed by atoms with Crippen molar-refractivity contribution >= 4 is 43.4 Å². The molecule has 3 heteroatoms. The fraction of sp³-hybridized carbons (Fsp3) is 0. The van der Waals surface area contributed by atoms with E-state index in [1.807, 2.05) is 48.5 Å². The number of hydrogen-bond donors (Lipinski definition) is 0. The molecule has 0 amide bonds. The van der Waals surface area contributed by atoms with Gasteiger partial charge in [0.25, 0.3) is 0 Å². The first-order valence-corrected chi connectivity index (χ1v) is 16.3. The topological polar surface area (TPSA) is 52.5 Å². The van der Waals surface area contributed by atoms with Gasteiger partial charge in [-0.3, -0.25) is 0 Å². The van der Waals surface area contributed by atoms with Crippen LogP contribution in [0.4, 0.5) is 0 Å². The van der Waals surface area contributed by atoms with E-state index in [4.69, 9.17) is 0 Å². The van der Waals surface area contributed by atoms with Crippen LogP contribution in [0.15, 0.2) is 164 Å². The first-order chi connectivity index (χ1) is 24.3. The van der Waals surface area contributed by atoms with Crippen molar-refractivity contribution in [1.29, 1.82) is 10.5 Å². The van der Waals surface area contributed by atoms with Gasteiger partial charge in [-0.05, 0) is 67.6 Å². The smallest absolute Gasteiger partial charge is 0.103 e. The minimum Gasteiger partial charge on any atom is -0.308 e. The van der Waals surface area contributed by atoms with Crippen molar-refractivity contribution in [2.24, 2.45) is 0 Å². The molecule has 0 saturated heterocycles. The van der Waals surface area contributed by atoms with Gasteiger partial charge >= 0.3 is 0 Å². The Bertz CT molecular complexity index is 2740. The number of para-hydroxylation sites is 2. The average molecular weight is 622 g/mol. The maximum Gasteiger partial charge on any atom is 0.103 e. The molecule has 226 valence electrons. The van der Waals surface area contributed by atoms with Crippen LogP contribution in [-0.2, 0) is 0 Å². The second-order valence-corrected chi connectivity index (χ2v) is 12.2. The fourth-order valence-corrected chi connectivity index (χ4v) is 7.68. The minimum atomic E-state index is 0.357. The van der Waals surface area contributed by atoms with Gasteiger partial charge in [0.1, 0.15) is 12.1 Å². The van der Waals surface area contributed by atoms with Crippen molar-refractivity contribution in [1.82, 2.24) is 4.57 Å². The lowest BCUT2D eigenvalue weighted by atomic mass is 9.83. The first kappa shape index (κ1) is 28.3. The largest absolute Gasteiger partial charge is 0.308 e. The SMILES string of the molecule is N#Cc1c(-c2ccccc2-c2c3ccccc3c(-c3ccccc3)c3ccccc23)ccc(-n2c3ccccc3c3ccccc32)c1C#N. The number of benzene rings is 8. The summed E-state index contributed by atoms with van der Waals surface area (Å²) >= 11 is 0. The van der Waals surface area contributed by atoms with E-state index < -0.39 is 0 Å². The Kier molecular flexibility index (Phi) is 6.58. The molecule has 0 aliphatic rings. The van der Waals surface area contributed by atoms with Gasteiger partial charge < -0.3 is 4.57 Å². The van der Waals surface area contributed by atoms with Crippen LogP contribution in [-0.4, -0.2) is 4.57 Å². The van der Waals surface area contributed by atoms with Crippen molar-refractivity contribution in [2.75, 3.05) is 0 Å². The van der Waals surface area contributed by atoms with Gasteiger partial charge in [-0.15, -0.1) is 0 Å². The molecule has 1 heterocycles. The zero-order chi connectivity index (χ0) is 32.9. The lowest BCUT2D eigenvalue weighted by Crippen LogP contribution is -2.02. The van der Waals surface area contributed by atoms with E-state index in [1.165, 1.54) is 11.1 Å². The highest BCUT2D eigenvalue weighted by Crippen LogP contribution is 2.47. The number of fused-ring (bicyclic) bond motifs is 5. The lowest BCUT2D eigenvalue weighted by molar-refractivity contribution is 1.16. The number of rotatable bonds is 4. The molecule has 0 atom stereocenters. The molecule has 9 rings (SSSR count). The van der Waals surface area contributed by atoms with Gasteiger partial charge in [-0.2, -0.15) is 10.5 Å². The molecule has 3 nitrogen and oxygen atoms in total. The molecule has 0 fully saturated rings. The van der Waals surface area contributed by atoms with Crippen LogP contribution in [0.25, 0.3) is 82.4 Å². The molecular weight excluding hydrogens is 595 g/mol. The van der Waals surface area contributed by atoms with Crippen LogP contribution in [0.3, 0.4) is 0 Å². The predicted molar refractivity (Wildman–Crippen MR) is 202 cm³/mol. The van der Waals surface area contributed by atoms with Crippen LogP contribution in [0, 0.1) is 22.7 Å². The summed E-state index contributed by atoms with van der Waals surface area (Å²) in [5, 5.41) is 28.3. The van der Waals surface area contributed by atoms with E-state index in [9.17, 15) is 10.5 Å². The molecule has 0 aliphatic heterocycles.